The van der Waals surface area contributed by atoms with Crippen molar-refractivity contribution in [1.82, 2.24) is 5.32 Å². The summed E-state index contributed by atoms with van der Waals surface area (Å²) in [5, 5.41) is 5.52. The molecule has 0 saturated carbocycles. The predicted molar refractivity (Wildman–Crippen MR) is 87.2 cm³/mol. The molecule has 0 aromatic heterocycles. The fraction of sp³-hybridized carbons (Fsp3) is 0.857. The summed E-state index contributed by atoms with van der Waals surface area (Å²) in [7, 11) is -0.824. The average Bonchev–Trinajstić information content (AvgIpc) is 2.22. The maximum absolute atomic E-state index is 3.76. The van der Waals surface area contributed by atoms with Crippen LogP contribution >= 0.6 is 0 Å². The predicted octanol–water partition coefficient (Wildman–Crippen LogP) is 3.45. The molecule has 0 heterocycles. The Hall–Kier alpha value is 0.134. The van der Waals surface area contributed by atoms with Gasteiger partial charge < -0.3 is 5.32 Å². The zero-order valence-corrected chi connectivity index (χ0v) is 15.7. The quantitative estimate of drug-likeness (QED) is 0.699. The highest BCUT2D eigenvalue weighted by Gasteiger charge is 2.18. The van der Waals surface area contributed by atoms with Crippen LogP contribution in [0.3, 0.4) is 0 Å². The molecule has 0 rings (SSSR count). The van der Waals surface area contributed by atoms with Crippen LogP contribution in [0.1, 0.15) is 47.5 Å². The first-order valence-corrected chi connectivity index (χ1v) is 13.7. The van der Waals surface area contributed by atoms with E-state index in [0.717, 1.165) is 0 Å². The van der Waals surface area contributed by atoms with E-state index in [-0.39, 0.29) is 9.04 Å². The van der Waals surface area contributed by atoms with E-state index in [9.17, 15) is 0 Å². The monoisotopic (exact) mass is 271 g/mol. The lowest BCUT2D eigenvalue weighted by Crippen LogP contribution is -2.38. The zero-order valence-electron chi connectivity index (χ0n) is 13.3. The Morgan fingerprint density at radius 1 is 1.12 bits per heavy atom. The van der Waals surface area contributed by atoms with Crippen molar-refractivity contribution in [3.8, 4) is 0 Å². The first-order chi connectivity index (χ1) is 7.71. The van der Waals surface area contributed by atoms with Gasteiger partial charge in [-0.05, 0) is 33.6 Å². The smallest absolute Gasteiger partial charge is 0.0436 e. The van der Waals surface area contributed by atoms with Crippen molar-refractivity contribution in [1.29, 1.82) is 0 Å². The van der Waals surface area contributed by atoms with Gasteiger partial charge in [0.15, 0.2) is 0 Å². The van der Waals surface area contributed by atoms with Gasteiger partial charge in [0.1, 0.15) is 0 Å². The molecule has 17 heavy (non-hydrogen) atoms. The summed E-state index contributed by atoms with van der Waals surface area (Å²) >= 11 is 0. The van der Waals surface area contributed by atoms with Crippen molar-refractivity contribution in [2.75, 3.05) is 0 Å². The van der Waals surface area contributed by atoms with E-state index >= 15 is 0 Å². The molecule has 0 radical (unpaired) electrons. The molecule has 2 atom stereocenters. The first kappa shape index (κ1) is 17.1. The zero-order chi connectivity index (χ0) is 13.6. The number of allylic oxidation sites excluding steroid dienone is 1. The summed E-state index contributed by atoms with van der Waals surface area (Å²) in [6, 6.07) is 1.24. The fourth-order valence-corrected chi connectivity index (χ4v) is 9.97. The molecular weight excluding hydrogens is 238 g/mol. The Morgan fingerprint density at radius 2 is 1.65 bits per heavy atom. The highest BCUT2D eigenvalue weighted by Crippen LogP contribution is 2.15. The summed E-state index contributed by atoms with van der Waals surface area (Å²) in [5.74, 6) is 0. The lowest BCUT2D eigenvalue weighted by molar-refractivity contribution is 0.462. The Morgan fingerprint density at radius 3 is 2.00 bits per heavy atom. The second-order valence-electron chi connectivity index (χ2n) is 6.64. The van der Waals surface area contributed by atoms with Crippen molar-refractivity contribution >= 4 is 16.6 Å². The molecule has 102 valence electrons. The Balaban J connectivity index is 4.70. The van der Waals surface area contributed by atoms with Gasteiger partial charge in [0.2, 0.25) is 0 Å². The molecule has 0 aromatic carbocycles. The topological polar surface area (TPSA) is 12.0 Å². The molecule has 3 heteroatoms. The largest absolute Gasteiger partial charge is 0.308 e. The Bertz CT molecular complexity index is 253. The number of hydrogen-bond acceptors (Lipinski definition) is 1. The summed E-state index contributed by atoms with van der Waals surface area (Å²) in [5.41, 5.74) is 1.64. The van der Waals surface area contributed by atoms with Gasteiger partial charge in [0.25, 0.3) is 0 Å². The van der Waals surface area contributed by atoms with Crippen LogP contribution in [0, 0.1) is 0 Å². The summed E-state index contributed by atoms with van der Waals surface area (Å²) in [4.78, 5) is 0. The first-order valence-electron chi connectivity index (χ1n) is 7.13. The van der Waals surface area contributed by atoms with Crippen LogP contribution in [0.2, 0.25) is 19.6 Å². The molecule has 0 amide bonds. The van der Waals surface area contributed by atoms with Gasteiger partial charge in [0, 0.05) is 28.7 Å². The van der Waals surface area contributed by atoms with Crippen LogP contribution in [0.5, 0.6) is 0 Å². The highest BCUT2D eigenvalue weighted by atomic mass is 29.2. The molecule has 0 aromatic rings. The van der Waals surface area contributed by atoms with Crippen molar-refractivity contribution in [3.05, 3.63) is 10.8 Å². The minimum atomic E-state index is -0.837. The van der Waals surface area contributed by atoms with E-state index in [1.807, 2.05) is 0 Å². The van der Waals surface area contributed by atoms with Gasteiger partial charge in [-0.25, -0.2) is 0 Å². The number of nitrogens with one attached hydrogen (secondary N) is 1. The molecule has 1 N–H and O–H groups in total. The van der Waals surface area contributed by atoms with E-state index in [4.69, 9.17) is 0 Å². The SMILES string of the molecule is CCC(C)NC(CC)C(C)=C(C)[SiH2][Si](C)(C)C. The Labute approximate surface area is 112 Å². The third kappa shape index (κ3) is 7.22. The van der Waals surface area contributed by atoms with Crippen molar-refractivity contribution in [2.24, 2.45) is 0 Å². The molecule has 0 bridgehead atoms. The van der Waals surface area contributed by atoms with Gasteiger partial charge in [0.05, 0.1) is 0 Å². The van der Waals surface area contributed by atoms with Gasteiger partial charge in [-0.3, -0.25) is 0 Å². The molecule has 0 saturated heterocycles. The van der Waals surface area contributed by atoms with Crippen LogP contribution in [-0.2, 0) is 0 Å². The molecule has 1 nitrogen and oxygen atoms in total. The standard InChI is InChI=1S/C14H33NSi2/c1-9-11(3)15-14(10-2)12(4)13(5)16-17(6,7)8/h11,14-15H,9-10,16H2,1-8H3. The average molecular weight is 272 g/mol. The molecule has 0 aliphatic heterocycles. The summed E-state index contributed by atoms with van der Waals surface area (Å²) in [6.45, 7) is 19.1. The minimum Gasteiger partial charge on any atom is -0.308 e. The second kappa shape index (κ2) is 7.54. The fourth-order valence-electron chi connectivity index (χ4n) is 2.24. The molecular formula is C14H33NSi2. The van der Waals surface area contributed by atoms with Crippen molar-refractivity contribution in [3.63, 3.8) is 0 Å². The van der Waals surface area contributed by atoms with Crippen molar-refractivity contribution < 1.29 is 0 Å². The lowest BCUT2D eigenvalue weighted by atomic mass is 10.0. The Kier molecular flexibility index (Phi) is 7.60. The van der Waals surface area contributed by atoms with E-state index in [2.05, 4.69) is 59.6 Å². The van der Waals surface area contributed by atoms with Crippen molar-refractivity contribution in [2.45, 2.75) is 79.2 Å². The van der Waals surface area contributed by atoms with Gasteiger partial charge in [-0.2, -0.15) is 0 Å². The molecule has 0 fully saturated rings. The summed E-state index contributed by atoms with van der Waals surface area (Å²) < 4.78 is 0. The molecule has 2 unspecified atom stereocenters. The minimum absolute atomic E-state index is 0.0128. The molecule has 0 aliphatic carbocycles. The number of hydrogen-bond donors (Lipinski definition) is 1. The van der Waals surface area contributed by atoms with Gasteiger partial charge in [-0.1, -0.05) is 44.3 Å². The van der Waals surface area contributed by atoms with Crippen LogP contribution in [-0.4, -0.2) is 28.7 Å². The van der Waals surface area contributed by atoms with E-state index in [1.165, 1.54) is 12.8 Å². The third-order valence-electron chi connectivity index (χ3n) is 3.50. The van der Waals surface area contributed by atoms with E-state index < -0.39 is 7.59 Å². The van der Waals surface area contributed by atoms with Gasteiger partial charge in [-0.15, -0.1) is 0 Å². The highest BCUT2D eigenvalue weighted by molar-refractivity contribution is 7.25. The van der Waals surface area contributed by atoms with E-state index in [0.29, 0.717) is 12.1 Å². The number of rotatable bonds is 7. The summed E-state index contributed by atoms with van der Waals surface area (Å²) in [6.07, 6.45) is 2.43. The third-order valence-corrected chi connectivity index (χ3v) is 10.4. The lowest BCUT2D eigenvalue weighted by Gasteiger charge is -2.26. The molecule has 0 spiro atoms. The van der Waals surface area contributed by atoms with Crippen LogP contribution in [0.25, 0.3) is 0 Å². The second-order valence-corrected chi connectivity index (χ2v) is 20.6. The molecule has 0 aliphatic rings. The normalized spacial score (nSPS) is 18.4. The van der Waals surface area contributed by atoms with Crippen LogP contribution in [0.15, 0.2) is 10.8 Å². The van der Waals surface area contributed by atoms with Crippen LogP contribution in [0.4, 0.5) is 0 Å². The van der Waals surface area contributed by atoms with Crippen LogP contribution < -0.4 is 5.32 Å². The van der Waals surface area contributed by atoms with E-state index in [1.54, 1.807) is 10.8 Å². The maximum Gasteiger partial charge on any atom is 0.0436 e. The maximum atomic E-state index is 3.76. The van der Waals surface area contributed by atoms with Gasteiger partial charge >= 0.3 is 0 Å².